The molecule has 3 N–H and O–H groups in total. The summed E-state index contributed by atoms with van der Waals surface area (Å²) in [6.07, 6.45) is 3.49. The zero-order valence-corrected chi connectivity index (χ0v) is 14.7. The van der Waals surface area contributed by atoms with Gasteiger partial charge in [0.05, 0.1) is 36.3 Å². The van der Waals surface area contributed by atoms with Crippen LogP contribution in [0.1, 0.15) is 12.8 Å². The van der Waals surface area contributed by atoms with Crippen molar-refractivity contribution >= 4 is 28.7 Å². The first-order chi connectivity index (χ1) is 13.5. The van der Waals surface area contributed by atoms with Gasteiger partial charge in [-0.3, -0.25) is 14.9 Å². The van der Waals surface area contributed by atoms with E-state index in [1.165, 1.54) is 12.4 Å². The van der Waals surface area contributed by atoms with Gasteiger partial charge in [-0.1, -0.05) is 18.2 Å². The largest absolute Gasteiger partial charge is 0.465 e. The number of hydrogen-bond donors (Lipinski definition) is 3. The maximum atomic E-state index is 15.0. The molecule has 0 aliphatic carbocycles. The van der Waals surface area contributed by atoms with E-state index in [-0.39, 0.29) is 25.2 Å². The molecule has 0 saturated carbocycles. The molecule has 1 fully saturated rings. The quantitative estimate of drug-likeness (QED) is 0.637. The molecule has 1 aliphatic heterocycles. The number of nitrogens with one attached hydrogen (secondary N) is 2. The van der Waals surface area contributed by atoms with E-state index in [9.17, 15) is 14.0 Å². The summed E-state index contributed by atoms with van der Waals surface area (Å²) in [5.41, 5.74) is -0.116. The minimum Gasteiger partial charge on any atom is -0.465 e. The highest BCUT2D eigenvalue weighted by molar-refractivity contribution is 5.97. The van der Waals surface area contributed by atoms with Crippen molar-refractivity contribution in [3.05, 3.63) is 36.8 Å². The molecule has 28 heavy (non-hydrogen) atoms. The number of benzene rings is 1. The molecule has 1 aromatic carbocycles. The van der Waals surface area contributed by atoms with E-state index < -0.39 is 24.2 Å². The van der Waals surface area contributed by atoms with Crippen LogP contribution in [0.2, 0.25) is 0 Å². The Labute approximate surface area is 158 Å². The molecule has 1 atom stereocenters. The van der Waals surface area contributed by atoms with Crippen LogP contribution in [0.3, 0.4) is 0 Å². The van der Waals surface area contributed by atoms with E-state index in [4.69, 9.17) is 5.11 Å². The topological polar surface area (TPSA) is 124 Å². The second-order valence-corrected chi connectivity index (χ2v) is 6.65. The van der Waals surface area contributed by atoms with Crippen molar-refractivity contribution in [3.8, 4) is 11.3 Å². The predicted molar refractivity (Wildman–Crippen MR) is 98.4 cm³/mol. The van der Waals surface area contributed by atoms with Gasteiger partial charge < -0.3 is 15.3 Å². The van der Waals surface area contributed by atoms with Crippen molar-refractivity contribution in [2.45, 2.75) is 18.5 Å². The average molecular weight is 384 g/mol. The molecule has 0 unspecified atom stereocenters. The third kappa shape index (κ3) is 3.24. The lowest BCUT2D eigenvalue weighted by atomic mass is 9.94. The fourth-order valence-electron chi connectivity index (χ4n) is 3.30. The van der Waals surface area contributed by atoms with Gasteiger partial charge in [0.2, 0.25) is 5.67 Å². The summed E-state index contributed by atoms with van der Waals surface area (Å²) in [5, 5.41) is 19.3. The van der Waals surface area contributed by atoms with Crippen molar-refractivity contribution in [2.24, 2.45) is 0 Å². The Bertz CT molecular complexity index is 1040. The highest BCUT2D eigenvalue weighted by Gasteiger charge is 2.44. The maximum absolute atomic E-state index is 15.0. The number of H-pyrrole nitrogens is 1. The summed E-state index contributed by atoms with van der Waals surface area (Å²) in [6.45, 7) is -0.288. The lowest BCUT2D eigenvalue weighted by Gasteiger charge is -2.34. The van der Waals surface area contributed by atoms with Crippen molar-refractivity contribution in [2.75, 3.05) is 18.4 Å². The molecule has 2 aromatic heterocycles. The molecule has 10 heteroatoms. The minimum atomic E-state index is -2.29. The summed E-state index contributed by atoms with van der Waals surface area (Å²) < 4.78 is 15.0. The number of aromatic amines is 1. The van der Waals surface area contributed by atoms with E-state index in [0.29, 0.717) is 5.69 Å². The lowest BCUT2D eigenvalue weighted by Crippen LogP contribution is -2.53. The molecule has 2 amide bonds. The Morgan fingerprint density at radius 2 is 2.11 bits per heavy atom. The van der Waals surface area contributed by atoms with Crippen molar-refractivity contribution in [1.29, 1.82) is 0 Å². The van der Waals surface area contributed by atoms with E-state index in [1.807, 2.05) is 18.2 Å². The second-order valence-electron chi connectivity index (χ2n) is 6.65. The number of carboxylic acid groups (broad SMARTS) is 1. The van der Waals surface area contributed by atoms with Crippen LogP contribution in [-0.4, -0.2) is 60.9 Å². The predicted octanol–water partition coefficient (Wildman–Crippen LogP) is 2.44. The number of para-hydroxylation sites is 1. The number of rotatable bonds is 3. The zero-order valence-electron chi connectivity index (χ0n) is 14.7. The van der Waals surface area contributed by atoms with Crippen LogP contribution in [0.15, 0.2) is 36.8 Å². The van der Waals surface area contributed by atoms with Crippen LogP contribution in [0.4, 0.5) is 15.0 Å². The molecular formula is C18H17FN6O3. The van der Waals surface area contributed by atoms with Crippen LogP contribution in [0, 0.1) is 0 Å². The molecule has 3 heterocycles. The number of halogens is 1. The highest BCUT2D eigenvalue weighted by Crippen LogP contribution is 2.28. The molecule has 1 aliphatic rings. The molecule has 1 saturated heterocycles. The summed E-state index contributed by atoms with van der Waals surface area (Å²) >= 11 is 0. The number of amides is 2. The SMILES string of the molecule is O=C(O)N1CCC[C@](F)(C(=O)Nc2cnc(-c3cccc4cn[nH]c34)cn2)C1. The Kier molecular flexibility index (Phi) is 4.38. The van der Waals surface area contributed by atoms with Gasteiger partial charge in [-0.2, -0.15) is 5.10 Å². The van der Waals surface area contributed by atoms with Gasteiger partial charge in [-0.25, -0.2) is 14.2 Å². The first-order valence-corrected chi connectivity index (χ1v) is 8.69. The monoisotopic (exact) mass is 384 g/mol. The Morgan fingerprint density at radius 3 is 2.86 bits per heavy atom. The summed E-state index contributed by atoms with van der Waals surface area (Å²) in [7, 11) is 0. The van der Waals surface area contributed by atoms with Crippen LogP contribution >= 0.6 is 0 Å². The number of nitrogens with zero attached hydrogens (tertiary/aromatic N) is 4. The normalized spacial score (nSPS) is 19.5. The van der Waals surface area contributed by atoms with E-state index in [0.717, 1.165) is 21.4 Å². The third-order valence-electron chi connectivity index (χ3n) is 4.77. The number of anilines is 1. The molecule has 3 aromatic rings. The average Bonchev–Trinajstić information content (AvgIpc) is 3.17. The van der Waals surface area contributed by atoms with Gasteiger partial charge in [0.25, 0.3) is 5.91 Å². The van der Waals surface area contributed by atoms with Gasteiger partial charge in [0, 0.05) is 17.5 Å². The maximum Gasteiger partial charge on any atom is 0.407 e. The minimum absolute atomic E-state index is 0.0457. The second kappa shape index (κ2) is 6.87. The van der Waals surface area contributed by atoms with Crippen molar-refractivity contribution < 1.29 is 19.1 Å². The number of alkyl halides is 1. The molecule has 144 valence electrons. The van der Waals surface area contributed by atoms with Gasteiger partial charge in [-0.15, -0.1) is 0 Å². The first-order valence-electron chi connectivity index (χ1n) is 8.69. The smallest absolute Gasteiger partial charge is 0.407 e. The van der Waals surface area contributed by atoms with Crippen LogP contribution in [-0.2, 0) is 4.79 Å². The van der Waals surface area contributed by atoms with Gasteiger partial charge >= 0.3 is 6.09 Å². The fourth-order valence-corrected chi connectivity index (χ4v) is 3.30. The number of fused-ring (bicyclic) bond motifs is 1. The van der Waals surface area contributed by atoms with Crippen LogP contribution < -0.4 is 5.32 Å². The number of carbonyl (C=O) groups is 2. The number of hydrogen-bond acceptors (Lipinski definition) is 5. The Balaban J connectivity index is 1.51. The number of aromatic nitrogens is 4. The number of likely N-dealkylation sites (tertiary alicyclic amines) is 1. The van der Waals surface area contributed by atoms with E-state index in [2.05, 4.69) is 25.5 Å². The van der Waals surface area contributed by atoms with Gasteiger partial charge in [0.1, 0.15) is 0 Å². The van der Waals surface area contributed by atoms with Crippen molar-refractivity contribution in [1.82, 2.24) is 25.1 Å². The highest BCUT2D eigenvalue weighted by atomic mass is 19.1. The lowest BCUT2D eigenvalue weighted by molar-refractivity contribution is -0.130. The Morgan fingerprint density at radius 1 is 1.25 bits per heavy atom. The zero-order chi connectivity index (χ0) is 19.7. The number of carbonyl (C=O) groups excluding carboxylic acids is 1. The standard InChI is InChI=1S/C18H17FN6O3/c19-18(5-2-6-25(10-18)17(27)28)16(26)23-14-9-20-13(8-21-14)12-4-1-3-11-7-22-24-15(11)12/h1,3-4,7-9H,2,5-6,10H2,(H,22,24)(H,27,28)(H,21,23,26)/t18-/m1/s1. The fraction of sp³-hybridized carbons (Fsp3) is 0.278. The van der Waals surface area contributed by atoms with E-state index >= 15 is 0 Å². The molecule has 4 rings (SSSR count). The van der Waals surface area contributed by atoms with Crippen LogP contribution in [0.5, 0.6) is 0 Å². The van der Waals surface area contributed by atoms with Gasteiger partial charge in [0.15, 0.2) is 5.82 Å². The molecular weight excluding hydrogens is 367 g/mol. The number of piperidine rings is 1. The summed E-state index contributed by atoms with van der Waals surface area (Å²) in [5.74, 6) is -0.828. The molecule has 9 nitrogen and oxygen atoms in total. The molecule has 0 radical (unpaired) electrons. The van der Waals surface area contributed by atoms with Gasteiger partial charge in [-0.05, 0) is 12.8 Å². The Hall–Kier alpha value is -3.56. The van der Waals surface area contributed by atoms with E-state index in [1.54, 1.807) is 6.20 Å². The molecule has 0 spiro atoms. The third-order valence-corrected chi connectivity index (χ3v) is 4.77. The molecule has 0 bridgehead atoms. The first kappa shape index (κ1) is 17.8. The van der Waals surface area contributed by atoms with Crippen molar-refractivity contribution in [3.63, 3.8) is 0 Å². The van der Waals surface area contributed by atoms with Crippen LogP contribution in [0.25, 0.3) is 22.2 Å². The summed E-state index contributed by atoms with van der Waals surface area (Å²) in [6, 6.07) is 5.65. The summed E-state index contributed by atoms with van der Waals surface area (Å²) in [4.78, 5) is 32.8.